The zero-order chi connectivity index (χ0) is 18.9. The molecule has 4 aromatic rings. The molecule has 1 aliphatic rings. The highest BCUT2D eigenvalue weighted by Crippen LogP contribution is 2.52. The summed E-state index contributed by atoms with van der Waals surface area (Å²) in [6.07, 6.45) is 4.41. The lowest BCUT2D eigenvalue weighted by atomic mass is 10.2. The van der Waals surface area contributed by atoms with Crippen molar-refractivity contribution in [3.8, 4) is 0 Å². The van der Waals surface area contributed by atoms with Gasteiger partial charge in [-0.15, -0.1) is 47.0 Å². The number of rotatable bonds is 5. The van der Waals surface area contributed by atoms with Gasteiger partial charge in [-0.3, -0.25) is 0 Å². The van der Waals surface area contributed by atoms with Gasteiger partial charge >= 0.3 is 0 Å². The Labute approximate surface area is 182 Å². The summed E-state index contributed by atoms with van der Waals surface area (Å²) in [6, 6.07) is 21.8. The summed E-state index contributed by atoms with van der Waals surface area (Å²) in [6.45, 7) is 0. The number of H-pyrrole nitrogens is 2. The van der Waals surface area contributed by atoms with Gasteiger partial charge in [-0.25, -0.2) is 0 Å². The third-order valence-electron chi connectivity index (χ3n) is 4.97. The largest absolute Gasteiger partial charge is 0.358 e. The first kappa shape index (κ1) is 18.9. The third-order valence-corrected chi connectivity index (χ3v) is 11.5. The summed E-state index contributed by atoms with van der Waals surface area (Å²) in [5, 5.41) is 2.63. The smallest absolute Gasteiger partial charge is 0.0975 e. The van der Waals surface area contributed by atoms with Gasteiger partial charge in [0.05, 0.1) is 13.1 Å². The summed E-state index contributed by atoms with van der Waals surface area (Å²) in [7, 11) is 0. The minimum atomic E-state index is 0.584. The van der Waals surface area contributed by atoms with Crippen LogP contribution in [0.5, 0.6) is 0 Å². The van der Waals surface area contributed by atoms with Crippen molar-refractivity contribution < 1.29 is 0 Å². The van der Waals surface area contributed by atoms with Crippen LogP contribution in [0.2, 0.25) is 0 Å². The van der Waals surface area contributed by atoms with Crippen LogP contribution in [0.25, 0.3) is 21.8 Å². The van der Waals surface area contributed by atoms with E-state index in [1.807, 2.05) is 11.8 Å². The van der Waals surface area contributed by atoms with E-state index in [-0.39, 0.29) is 0 Å². The van der Waals surface area contributed by atoms with Crippen LogP contribution >= 0.6 is 47.0 Å². The Morgan fingerprint density at radius 3 is 1.71 bits per heavy atom. The molecule has 1 fully saturated rings. The minimum absolute atomic E-state index is 0.584. The lowest BCUT2D eigenvalue weighted by molar-refractivity contribution is 1.01. The van der Waals surface area contributed by atoms with Crippen LogP contribution in [0.15, 0.2) is 60.7 Å². The average Bonchev–Trinajstić information content (AvgIpc) is 3.30. The van der Waals surface area contributed by atoms with E-state index in [0.29, 0.717) is 13.1 Å². The molecule has 0 aliphatic carbocycles. The van der Waals surface area contributed by atoms with E-state index in [2.05, 4.69) is 112 Å². The molecule has 1 saturated heterocycles. The molecule has 1 aliphatic heterocycles. The number of hydrogen-bond acceptors (Lipinski definition) is 4. The first-order chi connectivity index (χ1) is 13.8. The molecule has 2 aromatic carbocycles. The molecule has 28 heavy (non-hydrogen) atoms. The second-order valence-electron chi connectivity index (χ2n) is 6.96. The number of aromatic amines is 2. The van der Waals surface area contributed by atoms with Crippen molar-refractivity contribution in [3.63, 3.8) is 0 Å². The first-order valence-electron chi connectivity index (χ1n) is 9.39. The Kier molecular flexibility index (Phi) is 5.64. The summed E-state index contributed by atoms with van der Waals surface area (Å²) < 4.78 is 1.77. The van der Waals surface area contributed by atoms with Gasteiger partial charge in [0.15, 0.2) is 0 Å². The molecule has 6 heteroatoms. The summed E-state index contributed by atoms with van der Waals surface area (Å²) >= 11 is 8.34. The average molecular weight is 443 g/mol. The van der Waals surface area contributed by atoms with Crippen molar-refractivity contribution >= 4 is 68.9 Å². The van der Waals surface area contributed by atoms with Gasteiger partial charge in [0, 0.05) is 35.3 Å². The van der Waals surface area contributed by atoms with Gasteiger partial charge in [0.1, 0.15) is 0 Å². The molecule has 0 radical (unpaired) electrons. The third kappa shape index (κ3) is 4.11. The van der Waals surface area contributed by atoms with Gasteiger partial charge < -0.3 is 9.97 Å². The molecule has 0 amide bonds. The van der Waals surface area contributed by atoms with Gasteiger partial charge in [-0.2, -0.15) is 0 Å². The van der Waals surface area contributed by atoms with Crippen LogP contribution in [0.3, 0.4) is 0 Å². The second-order valence-corrected chi connectivity index (χ2v) is 13.4. The number of thioether (sulfide) groups is 4. The van der Waals surface area contributed by atoms with E-state index in [9.17, 15) is 0 Å². The van der Waals surface area contributed by atoms with E-state index in [1.54, 1.807) is 0 Å². The molecule has 0 spiro atoms. The predicted octanol–water partition coefficient (Wildman–Crippen LogP) is 6.95. The summed E-state index contributed by atoms with van der Waals surface area (Å²) in [5.41, 5.74) is 5.19. The quantitative estimate of drug-likeness (QED) is 0.350. The van der Waals surface area contributed by atoms with Gasteiger partial charge in [0.25, 0.3) is 0 Å². The maximum absolute atomic E-state index is 3.61. The molecule has 2 unspecified atom stereocenters. The Bertz CT molecular complexity index is 936. The Balaban J connectivity index is 1.31. The normalized spacial score (nSPS) is 22.8. The molecule has 2 N–H and O–H groups in total. The maximum Gasteiger partial charge on any atom is 0.0975 e. The Morgan fingerprint density at radius 1 is 0.750 bits per heavy atom. The van der Waals surface area contributed by atoms with Gasteiger partial charge in [0.2, 0.25) is 0 Å². The highest BCUT2D eigenvalue weighted by Gasteiger charge is 2.31. The number of fused-ring (bicyclic) bond motifs is 2. The number of nitrogens with one attached hydrogen (secondary N) is 2. The van der Waals surface area contributed by atoms with Crippen molar-refractivity contribution in [2.24, 2.45) is 0 Å². The highest BCUT2D eigenvalue weighted by atomic mass is 32.3. The predicted molar refractivity (Wildman–Crippen MR) is 132 cm³/mol. The molecular weight excluding hydrogens is 421 g/mol. The molecular formula is C22H22N2S4. The molecule has 2 atom stereocenters. The SMILES string of the molecule is CSC1SC(Cc2cc3ccccc3[nH]2)SC(Cc2cc3ccccc3[nH]2)S1. The highest BCUT2D eigenvalue weighted by molar-refractivity contribution is 8.41. The number of hydrogen-bond donors (Lipinski definition) is 2. The molecule has 0 saturated carbocycles. The van der Waals surface area contributed by atoms with Crippen molar-refractivity contribution in [1.29, 1.82) is 0 Å². The molecule has 0 bridgehead atoms. The van der Waals surface area contributed by atoms with Gasteiger partial charge in [-0.05, 0) is 41.3 Å². The van der Waals surface area contributed by atoms with Crippen LogP contribution in [0.4, 0.5) is 0 Å². The Hall–Kier alpha value is -1.08. The van der Waals surface area contributed by atoms with E-state index in [1.165, 1.54) is 33.2 Å². The second kappa shape index (κ2) is 8.34. The van der Waals surface area contributed by atoms with Crippen LogP contribution in [0.1, 0.15) is 11.4 Å². The fraction of sp³-hybridized carbons (Fsp3) is 0.273. The zero-order valence-corrected chi connectivity index (χ0v) is 18.8. The number of benzene rings is 2. The topological polar surface area (TPSA) is 31.6 Å². The zero-order valence-electron chi connectivity index (χ0n) is 15.6. The maximum atomic E-state index is 3.61. The van der Waals surface area contributed by atoms with Crippen LogP contribution in [-0.2, 0) is 12.8 Å². The standard InChI is InChI=1S/C22H22N2S4/c1-25-22-27-20(12-16-10-14-6-2-4-8-18(14)23-16)26-21(28-22)13-17-11-15-7-3-5-9-19(15)24-17/h2-11,20-24H,12-13H2,1H3. The number of para-hydroxylation sites is 2. The monoisotopic (exact) mass is 442 g/mol. The van der Waals surface area contributed by atoms with Crippen LogP contribution < -0.4 is 0 Å². The van der Waals surface area contributed by atoms with Crippen molar-refractivity contribution in [2.75, 3.05) is 6.26 Å². The van der Waals surface area contributed by atoms with E-state index < -0.39 is 0 Å². The van der Waals surface area contributed by atoms with Crippen molar-refractivity contribution in [1.82, 2.24) is 9.97 Å². The molecule has 144 valence electrons. The fourth-order valence-corrected chi connectivity index (χ4v) is 11.4. The minimum Gasteiger partial charge on any atom is -0.358 e. The summed E-state index contributed by atoms with van der Waals surface area (Å²) in [5.74, 6) is 0. The van der Waals surface area contributed by atoms with E-state index in [0.717, 1.165) is 12.8 Å². The molecule has 2 nitrogen and oxygen atoms in total. The first-order valence-corrected chi connectivity index (χ1v) is 13.5. The lowest BCUT2D eigenvalue weighted by Crippen LogP contribution is -2.20. The lowest BCUT2D eigenvalue weighted by Gasteiger charge is -2.32. The fourth-order valence-electron chi connectivity index (χ4n) is 3.66. The van der Waals surface area contributed by atoms with E-state index >= 15 is 0 Å². The van der Waals surface area contributed by atoms with Gasteiger partial charge in [-0.1, -0.05) is 36.4 Å². The van der Waals surface area contributed by atoms with Crippen molar-refractivity contribution in [2.45, 2.75) is 25.9 Å². The van der Waals surface area contributed by atoms with Crippen LogP contribution in [-0.4, -0.2) is 29.3 Å². The van der Waals surface area contributed by atoms with Crippen LogP contribution in [0, 0.1) is 0 Å². The molecule has 5 rings (SSSR count). The molecule has 3 heterocycles. The molecule has 2 aromatic heterocycles. The Morgan fingerprint density at radius 2 is 1.25 bits per heavy atom. The summed E-state index contributed by atoms with van der Waals surface area (Å²) in [4.78, 5) is 7.22. The van der Waals surface area contributed by atoms with Crippen molar-refractivity contribution in [3.05, 3.63) is 72.1 Å². The number of aromatic nitrogens is 2. The van der Waals surface area contributed by atoms with E-state index in [4.69, 9.17) is 0 Å².